The van der Waals surface area contributed by atoms with Crippen LogP contribution < -0.4 is 16.8 Å². The lowest BCUT2D eigenvalue weighted by Gasteiger charge is -2.49. The lowest BCUT2D eigenvalue weighted by Crippen LogP contribution is -2.58. The van der Waals surface area contributed by atoms with Crippen molar-refractivity contribution >= 4 is 0 Å². The van der Waals surface area contributed by atoms with Gasteiger partial charge in [0.2, 0.25) is 0 Å². The van der Waals surface area contributed by atoms with E-state index in [1.165, 1.54) is 25.7 Å². The fourth-order valence-corrected chi connectivity index (χ4v) is 6.22. The molecule has 0 amide bonds. The molecule has 2 rings (SSSR count). The van der Waals surface area contributed by atoms with Gasteiger partial charge in [-0.15, -0.1) is 0 Å². The van der Waals surface area contributed by atoms with E-state index < -0.39 is 0 Å². The minimum Gasteiger partial charge on any atom is -0.330 e. The molecular weight excluding hydrogens is 282 g/mol. The van der Waals surface area contributed by atoms with E-state index in [1.807, 2.05) is 0 Å². The predicted molar refractivity (Wildman–Crippen MR) is 100 cm³/mol. The zero-order chi connectivity index (χ0) is 17.5. The van der Waals surface area contributed by atoms with Crippen LogP contribution in [0.1, 0.15) is 80.1 Å². The van der Waals surface area contributed by atoms with E-state index in [4.69, 9.17) is 11.5 Å². The minimum atomic E-state index is -0.0537. The first kappa shape index (κ1) is 19.2. The molecule has 136 valence electrons. The normalized spacial score (nSPS) is 43.3. The molecule has 2 aliphatic rings. The van der Waals surface area contributed by atoms with Crippen molar-refractivity contribution in [1.82, 2.24) is 5.32 Å². The van der Waals surface area contributed by atoms with E-state index in [0.717, 1.165) is 31.8 Å². The van der Waals surface area contributed by atoms with Gasteiger partial charge in [-0.25, -0.2) is 0 Å². The van der Waals surface area contributed by atoms with Crippen molar-refractivity contribution in [3.05, 3.63) is 0 Å². The molecule has 0 saturated heterocycles. The maximum absolute atomic E-state index is 6.82. The molecule has 0 heterocycles. The fraction of sp³-hybridized carbons (Fsp3) is 1.00. The highest BCUT2D eigenvalue weighted by Crippen LogP contribution is 2.46. The smallest absolute Gasteiger partial charge is 0.0288 e. The Labute approximate surface area is 144 Å². The van der Waals surface area contributed by atoms with Crippen LogP contribution in [0.5, 0.6) is 0 Å². The van der Waals surface area contributed by atoms with Crippen molar-refractivity contribution < 1.29 is 0 Å². The maximum atomic E-state index is 6.82. The molecule has 0 bridgehead atoms. The Morgan fingerprint density at radius 3 is 2.09 bits per heavy atom. The second kappa shape index (κ2) is 6.31. The van der Waals surface area contributed by atoms with Gasteiger partial charge in [-0.05, 0) is 67.2 Å². The fourth-order valence-electron chi connectivity index (χ4n) is 6.22. The average Bonchev–Trinajstić information content (AvgIpc) is 2.31. The van der Waals surface area contributed by atoms with E-state index in [2.05, 4.69) is 46.9 Å². The molecule has 2 aliphatic carbocycles. The monoisotopic (exact) mass is 323 g/mol. The highest BCUT2D eigenvalue weighted by molar-refractivity contribution is 5.00. The van der Waals surface area contributed by atoms with Crippen LogP contribution in [-0.2, 0) is 0 Å². The summed E-state index contributed by atoms with van der Waals surface area (Å²) >= 11 is 0. The summed E-state index contributed by atoms with van der Waals surface area (Å²) in [5.41, 5.74) is 13.9. The molecule has 23 heavy (non-hydrogen) atoms. The second-order valence-corrected chi connectivity index (χ2v) is 11.1. The van der Waals surface area contributed by atoms with Crippen LogP contribution in [0.15, 0.2) is 0 Å². The summed E-state index contributed by atoms with van der Waals surface area (Å²) in [5, 5.41) is 3.85. The molecule has 0 aromatic rings. The first-order valence-electron chi connectivity index (χ1n) is 9.59. The number of rotatable bonds is 4. The Bertz CT molecular complexity index is 417. The Kier molecular flexibility index (Phi) is 5.27. The molecule has 4 unspecified atom stereocenters. The van der Waals surface area contributed by atoms with E-state index in [-0.39, 0.29) is 11.0 Å². The van der Waals surface area contributed by atoms with E-state index in [1.54, 1.807) is 0 Å². The highest BCUT2D eigenvalue weighted by atomic mass is 15.0. The largest absolute Gasteiger partial charge is 0.330 e. The molecule has 5 N–H and O–H groups in total. The molecule has 0 aliphatic heterocycles. The summed E-state index contributed by atoms with van der Waals surface area (Å²) in [4.78, 5) is 0. The van der Waals surface area contributed by atoms with E-state index >= 15 is 0 Å². The quantitative estimate of drug-likeness (QED) is 0.740. The molecule has 3 nitrogen and oxygen atoms in total. The van der Waals surface area contributed by atoms with Gasteiger partial charge in [-0.1, -0.05) is 41.5 Å². The molecule has 0 radical (unpaired) electrons. The van der Waals surface area contributed by atoms with Crippen LogP contribution in [0.4, 0.5) is 0 Å². The van der Waals surface area contributed by atoms with E-state index in [0.29, 0.717) is 16.9 Å². The summed E-state index contributed by atoms with van der Waals surface area (Å²) < 4.78 is 0. The Morgan fingerprint density at radius 2 is 1.52 bits per heavy atom. The van der Waals surface area contributed by atoms with Gasteiger partial charge in [-0.3, -0.25) is 0 Å². The number of hydrogen-bond acceptors (Lipinski definition) is 3. The third-order valence-corrected chi connectivity index (χ3v) is 6.17. The van der Waals surface area contributed by atoms with Crippen LogP contribution in [0, 0.1) is 22.2 Å². The first-order chi connectivity index (χ1) is 10.4. The Balaban J connectivity index is 1.99. The summed E-state index contributed by atoms with van der Waals surface area (Å²) in [7, 11) is 0. The zero-order valence-electron chi connectivity index (χ0n) is 16.5. The van der Waals surface area contributed by atoms with Gasteiger partial charge in [0.1, 0.15) is 0 Å². The van der Waals surface area contributed by atoms with Crippen LogP contribution in [0.25, 0.3) is 0 Å². The summed E-state index contributed by atoms with van der Waals surface area (Å²) in [6, 6.07) is 0.549. The van der Waals surface area contributed by atoms with Gasteiger partial charge >= 0.3 is 0 Å². The van der Waals surface area contributed by atoms with Crippen molar-refractivity contribution in [3.8, 4) is 0 Å². The van der Waals surface area contributed by atoms with Crippen LogP contribution in [0.3, 0.4) is 0 Å². The summed E-state index contributed by atoms with van der Waals surface area (Å²) in [6.45, 7) is 16.0. The minimum absolute atomic E-state index is 0.0537. The average molecular weight is 324 g/mol. The molecule has 0 aromatic carbocycles. The zero-order valence-corrected chi connectivity index (χ0v) is 16.5. The molecule has 2 saturated carbocycles. The van der Waals surface area contributed by atoms with Crippen LogP contribution >= 0.6 is 0 Å². The highest BCUT2D eigenvalue weighted by Gasteiger charge is 2.43. The van der Waals surface area contributed by atoms with E-state index in [9.17, 15) is 0 Å². The molecule has 2 fully saturated rings. The summed E-state index contributed by atoms with van der Waals surface area (Å²) in [6.07, 6.45) is 7.22. The van der Waals surface area contributed by atoms with Crippen molar-refractivity contribution in [2.24, 2.45) is 33.6 Å². The van der Waals surface area contributed by atoms with Gasteiger partial charge in [0.05, 0.1) is 0 Å². The van der Waals surface area contributed by atoms with Gasteiger partial charge < -0.3 is 16.8 Å². The topological polar surface area (TPSA) is 64.1 Å². The number of nitrogens with two attached hydrogens (primary N) is 2. The van der Waals surface area contributed by atoms with Gasteiger partial charge in [0.25, 0.3) is 0 Å². The van der Waals surface area contributed by atoms with Crippen molar-refractivity contribution in [2.75, 3.05) is 13.1 Å². The van der Waals surface area contributed by atoms with Gasteiger partial charge in [0, 0.05) is 18.1 Å². The molecule has 3 heteroatoms. The third-order valence-electron chi connectivity index (χ3n) is 6.17. The van der Waals surface area contributed by atoms with Crippen LogP contribution in [-0.4, -0.2) is 24.7 Å². The lowest BCUT2D eigenvalue weighted by atomic mass is 9.62. The first-order valence-corrected chi connectivity index (χ1v) is 9.59. The Hall–Kier alpha value is -0.120. The molecular formula is C20H41N3. The number of hydrogen-bond donors (Lipinski definition) is 3. The number of nitrogens with one attached hydrogen (secondary N) is 1. The maximum Gasteiger partial charge on any atom is 0.0288 e. The van der Waals surface area contributed by atoms with Crippen molar-refractivity contribution in [3.63, 3.8) is 0 Å². The second-order valence-electron chi connectivity index (χ2n) is 11.1. The summed E-state index contributed by atoms with van der Waals surface area (Å²) in [5.74, 6) is 0.725. The van der Waals surface area contributed by atoms with Crippen molar-refractivity contribution in [1.29, 1.82) is 0 Å². The molecule has 4 atom stereocenters. The standard InChI is InChI=1S/C20H41N3/c1-15-7-17(2,3)12-20(22,8-15)14-23-16-9-18(4,5)11-19(6,10-16)13-21/h15-16,23H,7-14,21-22H2,1-6H3. The van der Waals surface area contributed by atoms with Gasteiger partial charge in [0.15, 0.2) is 0 Å². The lowest BCUT2D eigenvalue weighted by molar-refractivity contribution is 0.0634. The van der Waals surface area contributed by atoms with Crippen LogP contribution in [0.2, 0.25) is 0 Å². The van der Waals surface area contributed by atoms with Gasteiger partial charge in [-0.2, -0.15) is 0 Å². The molecule has 0 spiro atoms. The third kappa shape index (κ3) is 5.17. The molecule has 0 aromatic heterocycles. The predicted octanol–water partition coefficient (Wildman–Crippen LogP) is 3.66. The SMILES string of the molecule is CC1CC(C)(C)CC(N)(CNC2CC(C)(C)CC(C)(CN)C2)C1. The Morgan fingerprint density at radius 1 is 0.913 bits per heavy atom. The van der Waals surface area contributed by atoms with Crippen molar-refractivity contribution in [2.45, 2.75) is 91.6 Å².